The van der Waals surface area contributed by atoms with Gasteiger partial charge in [-0.3, -0.25) is 9.59 Å². The van der Waals surface area contributed by atoms with E-state index in [1.54, 1.807) is 13.1 Å². The molecule has 3 N–H and O–H groups in total. The maximum absolute atomic E-state index is 12.0. The van der Waals surface area contributed by atoms with Gasteiger partial charge in [0.1, 0.15) is 0 Å². The quantitative estimate of drug-likeness (QED) is 0.735. The highest BCUT2D eigenvalue weighted by atomic mass is 16.2. The van der Waals surface area contributed by atoms with Crippen LogP contribution < -0.4 is 16.0 Å². The molecule has 0 bridgehead atoms. The summed E-state index contributed by atoms with van der Waals surface area (Å²) in [5, 5.41) is 8.64. The predicted octanol–water partition coefficient (Wildman–Crippen LogP) is 0.737. The Morgan fingerprint density at radius 3 is 2.89 bits per heavy atom. The second-order valence-electron chi connectivity index (χ2n) is 4.31. The van der Waals surface area contributed by atoms with Crippen molar-refractivity contribution in [1.82, 2.24) is 10.6 Å². The molecular formula is C13H17N3O2. The van der Waals surface area contributed by atoms with Crippen LogP contribution in [-0.2, 0) is 4.79 Å². The minimum Gasteiger partial charge on any atom is -0.387 e. The van der Waals surface area contributed by atoms with Crippen LogP contribution >= 0.6 is 0 Å². The van der Waals surface area contributed by atoms with Crippen molar-refractivity contribution in [1.29, 1.82) is 0 Å². The van der Waals surface area contributed by atoms with E-state index in [1.807, 2.05) is 18.2 Å². The first kappa shape index (κ1) is 12.4. The van der Waals surface area contributed by atoms with Gasteiger partial charge in [-0.2, -0.15) is 0 Å². The lowest BCUT2D eigenvalue weighted by Gasteiger charge is -2.13. The lowest BCUT2D eigenvalue weighted by atomic mass is 10.1. The molecule has 1 atom stereocenters. The Kier molecular flexibility index (Phi) is 3.82. The third-order valence-electron chi connectivity index (χ3n) is 3.04. The number of anilines is 1. The number of hydrogen-bond donors (Lipinski definition) is 3. The number of benzene rings is 1. The molecule has 1 aromatic carbocycles. The molecule has 1 unspecified atom stereocenters. The zero-order chi connectivity index (χ0) is 13.0. The Morgan fingerprint density at radius 1 is 1.44 bits per heavy atom. The van der Waals surface area contributed by atoms with Crippen LogP contribution in [0.3, 0.4) is 0 Å². The van der Waals surface area contributed by atoms with Crippen molar-refractivity contribution in [3.05, 3.63) is 29.8 Å². The van der Waals surface area contributed by atoms with Gasteiger partial charge >= 0.3 is 0 Å². The Hall–Kier alpha value is -2.04. The fourth-order valence-corrected chi connectivity index (χ4v) is 2.04. The number of nitrogens with one attached hydrogen (secondary N) is 3. The topological polar surface area (TPSA) is 70.2 Å². The lowest BCUT2D eigenvalue weighted by molar-refractivity contribution is -0.119. The summed E-state index contributed by atoms with van der Waals surface area (Å²) in [6.07, 6.45) is 1.33. The van der Waals surface area contributed by atoms with Crippen LogP contribution in [0.1, 0.15) is 23.2 Å². The van der Waals surface area contributed by atoms with Crippen molar-refractivity contribution in [3.8, 4) is 0 Å². The van der Waals surface area contributed by atoms with E-state index < -0.39 is 0 Å². The van der Waals surface area contributed by atoms with Gasteiger partial charge in [0.2, 0.25) is 5.91 Å². The zero-order valence-electron chi connectivity index (χ0n) is 10.3. The molecule has 0 aliphatic carbocycles. The molecule has 1 fully saturated rings. The van der Waals surface area contributed by atoms with Crippen LogP contribution in [-0.4, -0.2) is 31.4 Å². The van der Waals surface area contributed by atoms with Gasteiger partial charge in [0.15, 0.2) is 0 Å². The van der Waals surface area contributed by atoms with E-state index in [0.29, 0.717) is 18.5 Å². The number of amides is 2. The molecule has 0 spiro atoms. The normalized spacial score (nSPS) is 18.3. The molecular weight excluding hydrogens is 230 g/mol. The second-order valence-corrected chi connectivity index (χ2v) is 4.31. The molecule has 5 heteroatoms. The molecule has 96 valence electrons. The van der Waals surface area contributed by atoms with Crippen molar-refractivity contribution < 1.29 is 9.59 Å². The first-order valence-corrected chi connectivity index (χ1v) is 6.05. The zero-order valence-corrected chi connectivity index (χ0v) is 10.3. The number of hydrogen-bond acceptors (Lipinski definition) is 3. The van der Waals surface area contributed by atoms with Crippen LogP contribution in [0.15, 0.2) is 24.3 Å². The first-order chi connectivity index (χ1) is 8.70. The first-order valence-electron chi connectivity index (χ1n) is 6.05. The fourth-order valence-electron chi connectivity index (χ4n) is 2.04. The van der Waals surface area contributed by atoms with E-state index >= 15 is 0 Å². The van der Waals surface area contributed by atoms with Crippen molar-refractivity contribution >= 4 is 17.5 Å². The minimum atomic E-state index is -0.124. The summed E-state index contributed by atoms with van der Waals surface area (Å²) in [4.78, 5) is 23.0. The van der Waals surface area contributed by atoms with Crippen molar-refractivity contribution in [2.45, 2.75) is 18.9 Å². The molecule has 1 aliphatic heterocycles. The molecule has 0 aromatic heterocycles. The Morgan fingerprint density at radius 2 is 2.22 bits per heavy atom. The van der Waals surface area contributed by atoms with Crippen LogP contribution in [0.2, 0.25) is 0 Å². The average Bonchev–Trinajstić information content (AvgIpc) is 2.81. The maximum atomic E-state index is 12.0. The van der Waals surface area contributed by atoms with Crippen LogP contribution in [0.25, 0.3) is 0 Å². The smallest absolute Gasteiger partial charge is 0.253 e. The Labute approximate surface area is 106 Å². The largest absolute Gasteiger partial charge is 0.387 e. The summed E-state index contributed by atoms with van der Waals surface area (Å²) in [6.45, 7) is 0.475. The van der Waals surface area contributed by atoms with Gasteiger partial charge in [-0.05, 0) is 18.6 Å². The molecule has 1 aliphatic rings. The lowest BCUT2D eigenvalue weighted by Crippen LogP contribution is -2.38. The van der Waals surface area contributed by atoms with E-state index in [4.69, 9.17) is 0 Å². The van der Waals surface area contributed by atoms with Crippen LogP contribution in [0.5, 0.6) is 0 Å². The number of rotatable bonds is 4. The third kappa shape index (κ3) is 2.80. The summed E-state index contributed by atoms with van der Waals surface area (Å²) in [5.41, 5.74) is 1.41. The maximum Gasteiger partial charge on any atom is 0.253 e. The molecule has 5 nitrogen and oxygen atoms in total. The standard InChI is InChI=1S/C13H17N3O2/c1-14-11-5-3-2-4-10(11)13(18)15-8-9-6-7-12(17)16-9/h2-5,9,14H,6-8H2,1H3,(H,15,18)(H,16,17). The fraction of sp³-hybridized carbons (Fsp3) is 0.385. The number of para-hydroxylation sites is 1. The highest BCUT2D eigenvalue weighted by Gasteiger charge is 2.21. The second kappa shape index (κ2) is 5.53. The molecule has 2 amide bonds. The monoisotopic (exact) mass is 247 g/mol. The molecule has 0 saturated carbocycles. The van der Waals surface area contributed by atoms with Crippen molar-refractivity contribution in [2.24, 2.45) is 0 Å². The van der Waals surface area contributed by atoms with Gasteiger partial charge in [0.25, 0.3) is 5.91 Å². The summed E-state index contributed by atoms with van der Waals surface area (Å²) in [6, 6.07) is 7.39. The average molecular weight is 247 g/mol. The highest BCUT2D eigenvalue weighted by molar-refractivity contribution is 5.99. The van der Waals surface area contributed by atoms with E-state index in [9.17, 15) is 9.59 Å². The Balaban J connectivity index is 1.93. The molecule has 1 heterocycles. The van der Waals surface area contributed by atoms with Gasteiger partial charge in [0, 0.05) is 31.7 Å². The molecule has 18 heavy (non-hydrogen) atoms. The molecule has 2 rings (SSSR count). The summed E-state index contributed by atoms with van der Waals surface area (Å²) >= 11 is 0. The third-order valence-corrected chi connectivity index (χ3v) is 3.04. The van der Waals surface area contributed by atoms with Crippen molar-refractivity contribution in [2.75, 3.05) is 18.9 Å². The van der Waals surface area contributed by atoms with Gasteiger partial charge < -0.3 is 16.0 Å². The van der Waals surface area contributed by atoms with E-state index in [-0.39, 0.29) is 17.9 Å². The summed E-state index contributed by atoms with van der Waals surface area (Å²) < 4.78 is 0. The van der Waals surface area contributed by atoms with Gasteiger partial charge in [-0.25, -0.2) is 0 Å². The number of carbonyl (C=O) groups is 2. The SMILES string of the molecule is CNc1ccccc1C(=O)NCC1CCC(=O)N1. The van der Waals surface area contributed by atoms with Gasteiger partial charge in [0.05, 0.1) is 5.56 Å². The summed E-state index contributed by atoms with van der Waals surface area (Å²) in [5.74, 6) is -0.0639. The molecule has 0 radical (unpaired) electrons. The number of carbonyl (C=O) groups excluding carboxylic acids is 2. The van der Waals surface area contributed by atoms with Gasteiger partial charge in [-0.1, -0.05) is 12.1 Å². The van der Waals surface area contributed by atoms with E-state index in [2.05, 4.69) is 16.0 Å². The van der Waals surface area contributed by atoms with E-state index in [1.165, 1.54) is 0 Å². The van der Waals surface area contributed by atoms with Crippen LogP contribution in [0.4, 0.5) is 5.69 Å². The van der Waals surface area contributed by atoms with Crippen LogP contribution in [0, 0.1) is 0 Å². The van der Waals surface area contributed by atoms with Gasteiger partial charge in [-0.15, -0.1) is 0 Å². The summed E-state index contributed by atoms with van der Waals surface area (Å²) in [7, 11) is 1.78. The minimum absolute atomic E-state index is 0.0585. The van der Waals surface area contributed by atoms with Crippen molar-refractivity contribution in [3.63, 3.8) is 0 Å². The molecule has 1 saturated heterocycles. The highest BCUT2D eigenvalue weighted by Crippen LogP contribution is 2.14. The molecule has 1 aromatic rings. The predicted molar refractivity (Wildman–Crippen MR) is 69.5 cm³/mol. The Bertz CT molecular complexity index is 459. The van der Waals surface area contributed by atoms with E-state index in [0.717, 1.165) is 12.1 Å².